The molecule has 0 amide bonds. The maximum atomic E-state index is 10.8. The summed E-state index contributed by atoms with van der Waals surface area (Å²) in [4.78, 5) is 12.4. The number of nitrogens with one attached hydrogen (secondary N) is 1. The minimum absolute atomic E-state index is 0.0852. The van der Waals surface area contributed by atoms with Gasteiger partial charge in [-0.2, -0.15) is 5.10 Å². The lowest BCUT2D eigenvalue weighted by Crippen LogP contribution is -2.12. The summed E-state index contributed by atoms with van der Waals surface area (Å²) >= 11 is 5.72. The van der Waals surface area contributed by atoms with Crippen LogP contribution in [-0.2, 0) is 0 Å². The highest BCUT2D eigenvalue weighted by atomic mass is 35.5. The van der Waals surface area contributed by atoms with Crippen molar-refractivity contribution >= 4 is 29.2 Å². The van der Waals surface area contributed by atoms with Crippen LogP contribution in [0.25, 0.3) is 0 Å². The lowest BCUT2D eigenvalue weighted by Gasteiger charge is -2.06. The molecule has 19 heavy (non-hydrogen) atoms. The first kappa shape index (κ1) is 15.4. The van der Waals surface area contributed by atoms with Gasteiger partial charge in [-0.05, 0) is 45.6 Å². The first-order chi connectivity index (χ1) is 9.00. The molecule has 1 aromatic carbocycles. The van der Waals surface area contributed by atoms with Crippen LogP contribution in [0.3, 0.4) is 0 Å². The van der Waals surface area contributed by atoms with Crippen LogP contribution in [0, 0.1) is 10.1 Å². The lowest BCUT2D eigenvalue weighted by atomic mass is 10.3. The minimum Gasteiger partial charge on any atom is -0.309 e. The number of nitro groups is 1. The minimum atomic E-state index is -0.490. The maximum Gasteiger partial charge on any atom is 0.295 e. The number of unbranched alkanes of at least 4 members (excludes halogenated alkanes) is 1. The van der Waals surface area contributed by atoms with Crippen molar-refractivity contribution in [3.63, 3.8) is 0 Å². The molecule has 1 aromatic rings. The fourth-order valence-electron chi connectivity index (χ4n) is 1.43. The number of rotatable bonds is 7. The summed E-state index contributed by atoms with van der Waals surface area (Å²) in [6, 6.07) is 4.42. The maximum absolute atomic E-state index is 10.8. The monoisotopic (exact) mass is 284 g/mol. The van der Waals surface area contributed by atoms with Gasteiger partial charge in [-0.3, -0.25) is 15.5 Å². The number of nitrogens with zero attached hydrogens (tertiary/aromatic N) is 3. The Hall–Kier alpha value is -1.66. The fourth-order valence-corrected chi connectivity index (χ4v) is 1.60. The number of halogens is 1. The van der Waals surface area contributed by atoms with E-state index in [2.05, 4.69) is 15.4 Å². The fraction of sp³-hybridized carbons (Fsp3) is 0.417. The van der Waals surface area contributed by atoms with E-state index in [1.165, 1.54) is 12.1 Å². The zero-order valence-corrected chi connectivity index (χ0v) is 11.7. The largest absolute Gasteiger partial charge is 0.309 e. The molecule has 0 saturated heterocycles. The van der Waals surface area contributed by atoms with Gasteiger partial charge in [0, 0.05) is 17.3 Å². The van der Waals surface area contributed by atoms with Crippen LogP contribution in [0.1, 0.15) is 12.8 Å². The zero-order valence-electron chi connectivity index (χ0n) is 11.0. The van der Waals surface area contributed by atoms with Crippen LogP contribution in [0.2, 0.25) is 5.02 Å². The average molecular weight is 285 g/mol. The Kier molecular flexibility index (Phi) is 6.24. The van der Waals surface area contributed by atoms with E-state index in [1.54, 1.807) is 12.3 Å². The van der Waals surface area contributed by atoms with Gasteiger partial charge in [-0.25, -0.2) is 0 Å². The Balaban J connectivity index is 2.53. The van der Waals surface area contributed by atoms with Crippen LogP contribution in [0.5, 0.6) is 0 Å². The van der Waals surface area contributed by atoms with Gasteiger partial charge in [0.15, 0.2) is 0 Å². The van der Waals surface area contributed by atoms with Crippen molar-refractivity contribution in [3.05, 3.63) is 33.3 Å². The number of benzene rings is 1. The van der Waals surface area contributed by atoms with E-state index in [-0.39, 0.29) is 5.69 Å². The normalized spacial score (nSPS) is 11.2. The van der Waals surface area contributed by atoms with Gasteiger partial charge < -0.3 is 4.90 Å². The van der Waals surface area contributed by atoms with E-state index in [9.17, 15) is 10.1 Å². The van der Waals surface area contributed by atoms with E-state index >= 15 is 0 Å². The standard InChI is InChI=1S/C12H17ClN4O2/c1-16(2)8-4-3-7-14-15-11-6-5-10(13)9-12(11)17(18)19/h5-7,9,15H,3-4,8H2,1-2H3. The average Bonchev–Trinajstić information content (AvgIpc) is 2.34. The van der Waals surface area contributed by atoms with Gasteiger partial charge in [0.1, 0.15) is 5.69 Å². The predicted molar refractivity (Wildman–Crippen MR) is 78.0 cm³/mol. The van der Waals surface area contributed by atoms with Gasteiger partial charge in [-0.15, -0.1) is 0 Å². The number of nitro benzene ring substituents is 1. The van der Waals surface area contributed by atoms with Crippen LogP contribution in [0.15, 0.2) is 23.3 Å². The molecule has 104 valence electrons. The molecule has 0 aliphatic rings. The Morgan fingerprint density at radius 1 is 1.53 bits per heavy atom. The van der Waals surface area contributed by atoms with Gasteiger partial charge in [0.25, 0.3) is 5.69 Å². The van der Waals surface area contributed by atoms with Crippen molar-refractivity contribution in [1.29, 1.82) is 0 Å². The van der Waals surface area contributed by atoms with E-state index in [0.717, 1.165) is 19.4 Å². The van der Waals surface area contributed by atoms with E-state index < -0.39 is 4.92 Å². The Bertz CT molecular complexity index is 463. The first-order valence-electron chi connectivity index (χ1n) is 5.87. The SMILES string of the molecule is CN(C)CCCC=NNc1ccc(Cl)cc1[N+](=O)[O-]. The quantitative estimate of drug-likeness (QED) is 0.362. The van der Waals surface area contributed by atoms with E-state index in [1.807, 2.05) is 14.1 Å². The van der Waals surface area contributed by atoms with Gasteiger partial charge in [0.2, 0.25) is 0 Å². The van der Waals surface area contributed by atoms with Crippen molar-refractivity contribution < 1.29 is 4.92 Å². The molecule has 0 aromatic heterocycles. The number of hydrogen-bond donors (Lipinski definition) is 1. The highest BCUT2D eigenvalue weighted by Crippen LogP contribution is 2.27. The molecule has 0 saturated carbocycles. The second-order valence-corrected chi connectivity index (χ2v) is 4.72. The van der Waals surface area contributed by atoms with Crippen LogP contribution >= 0.6 is 11.6 Å². The third kappa shape index (κ3) is 5.67. The molecule has 0 aliphatic carbocycles. The molecule has 0 aliphatic heterocycles. The first-order valence-corrected chi connectivity index (χ1v) is 6.24. The number of hydrogen-bond acceptors (Lipinski definition) is 5. The van der Waals surface area contributed by atoms with Gasteiger partial charge in [0.05, 0.1) is 4.92 Å². The lowest BCUT2D eigenvalue weighted by molar-refractivity contribution is -0.383. The topological polar surface area (TPSA) is 70.8 Å². The molecule has 7 heteroatoms. The second kappa shape index (κ2) is 7.70. The highest BCUT2D eigenvalue weighted by Gasteiger charge is 2.13. The molecule has 0 bridgehead atoms. The molecule has 0 spiro atoms. The van der Waals surface area contributed by atoms with Crippen molar-refractivity contribution in [1.82, 2.24) is 4.90 Å². The third-order valence-corrected chi connectivity index (χ3v) is 2.61. The molecule has 6 nitrogen and oxygen atoms in total. The Morgan fingerprint density at radius 3 is 2.89 bits per heavy atom. The zero-order chi connectivity index (χ0) is 14.3. The van der Waals surface area contributed by atoms with Gasteiger partial charge in [-0.1, -0.05) is 11.6 Å². The summed E-state index contributed by atoms with van der Waals surface area (Å²) in [6.45, 7) is 0.979. The van der Waals surface area contributed by atoms with Crippen molar-refractivity contribution in [3.8, 4) is 0 Å². The molecule has 1 rings (SSSR count). The summed E-state index contributed by atoms with van der Waals surface area (Å²) in [5.74, 6) is 0. The van der Waals surface area contributed by atoms with Crippen LogP contribution in [0.4, 0.5) is 11.4 Å². The predicted octanol–water partition coefficient (Wildman–Crippen LogP) is 2.99. The van der Waals surface area contributed by atoms with Crippen LogP contribution < -0.4 is 5.43 Å². The van der Waals surface area contributed by atoms with Crippen molar-refractivity contribution in [2.45, 2.75) is 12.8 Å². The van der Waals surface area contributed by atoms with Crippen molar-refractivity contribution in [2.24, 2.45) is 5.10 Å². The third-order valence-electron chi connectivity index (χ3n) is 2.37. The van der Waals surface area contributed by atoms with Gasteiger partial charge >= 0.3 is 0 Å². The summed E-state index contributed by atoms with van der Waals surface area (Å²) in [6.07, 6.45) is 3.51. The van der Waals surface area contributed by atoms with Crippen LogP contribution in [-0.4, -0.2) is 36.7 Å². The molecule has 0 heterocycles. The molecule has 0 fully saturated rings. The summed E-state index contributed by atoms with van der Waals surface area (Å²) in [5.41, 5.74) is 2.91. The molecule has 0 radical (unpaired) electrons. The molecular formula is C12H17ClN4O2. The molecule has 0 unspecified atom stereocenters. The Morgan fingerprint density at radius 2 is 2.26 bits per heavy atom. The van der Waals surface area contributed by atoms with E-state index in [0.29, 0.717) is 10.7 Å². The summed E-state index contributed by atoms with van der Waals surface area (Å²) < 4.78 is 0. The highest BCUT2D eigenvalue weighted by molar-refractivity contribution is 6.30. The molecule has 1 N–H and O–H groups in total. The second-order valence-electron chi connectivity index (χ2n) is 4.29. The molecular weight excluding hydrogens is 268 g/mol. The summed E-state index contributed by atoms with van der Waals surface area (Å²) in [7, 11) is 4.01. The summed E-state index contributed by atoms with van der Waals surface area (Å²) in [5, 5.41) is 15.1. The smallest absolute Gasteiger partial charge is 0.295 e. The molecule has 0 atom stereocenters. The van der Waals surface area contributed by atoms with E-state index in [4.69, 9.17) is 11.6 Å². The van der Waals surface area contributed by atoms with Crippen molar-refractivity contribution in [2.75, 3.05) is 26.1 Å². The number of hydrazone groups is 1. The Labute approximate surface area is 117 Å². The number of anilines is 1.